The van der Waals surface area contributed by atoms with Crippen LogP contribution in [0.15, 0.2) is 52.9 Å². The van der Waals surface area contributed by atoms with Crippen molar-refractivity contribution >= 4 is 5.91 Å². The third-order valence-electron chi connectivity index (χ3n) is 4.65. The van der Waals surface area contributed by atoms with Crippen LogP contribution in [0, 0.1) is 18.3 Å². The number of rotatable bonds is 4. The summed E-state index contributed by atoms with van der Waals surface area (Å²) in [5, 5.41) is 9.03. The lowest BCUT2D eigenvalue weighted by atomic mass is 10.1. The number of aryl methyl sites for hydroxylation is 1. The summed E-state index contributed by atoms with van der Waals surface area (Å²) in [6.07, 6.45) is 0.632. The second-order valence-corrected chi connectivity index (χ2v) is 6.75. The molecule has 2 heterocycles. The van der Waals surface area contributed by atoms with Crippen molar-refractivity contribution < 1.29 is 13.9 Å². The van der Waals surface area contributed by atoms with Crippen molar-refractivity contribution in [2.75, 3.05) is 6.54 Å². The number of amides is 1. The third-order valence-corrected chi connectivity index (χ3v) is 4.65. The van der Waals surface area contributed by atoms with E-state index in [1.54, 1.807) is 29.2 Å². The van der Waals surface area contributed by atoms with Gasteiger partial charge in [-0.25, -0.2) is 4.98 Å². The van der Waals surface area contributed by atoms with Crippen LogP contribution in [-0.4, -0.2) is 22.3 Å². The van der Waals surface area contributed by atoms with Crippen molar-refractivity contribution in [2.45, 2.75) is 26.5 Å². The smallest absolute Gasteiger partial charge is 0.254 e. The Hall–Kier alpha value is -3.59. The van der Waals surface area contributed by atoms with Crippen molar-refractivity contribution in [3.63, 3.8) is 0 Å². The minimum Gasteiger partial charge on any atom is -0.484 e. The van der Waals surface area contributed by atoms with Crippen LogP contribution in [0.3, 0.4) is 0 Å². The van der Waals surface area contributed by atoms with Crippen LogP contribution in [0.4, 0.5) is 0 Å². The lowest BCUT2D eigenvalue weighted by molar-refractivity contribution is 0.0718. The molecule has 28 heavy (non-hydrogen) atoms. The van der Waals surface area contributed by atoms with Crippen LogP contribution in [0.25, 0.3) is 0 Å². The minimum atomic E-state index is -0.114. The van der Waals surface area contributed by atoms with Gasteiger partial charge in [0, 0.05) is 18.5 Å². The molecule has 0 saturated carbocycles. The first-order chi connectivity index (χ1) is 13.6. The van der Waals surface area contributed by atoms with Gasteiger partial charge in [0.15, 0.2) is 6.61 Å². The van der Waals surface area contributed by atoms with E-state index in [-0.39, 0.29) is 12.5 Å². The second kappa shape index (κ2) is 7.57. The summed E-state index contributed by atoms with van der Waals surface area (Å²) in [4.78, 5) is 19.0. The number of benzene rings is 2. The number of oxazole rings is 1. The molecule has 2 aromatic carbocycles. The molecule has 3 aromatic rings. The van der Waals surface area contributed by atoms with Crippen LogP contribution in [0.1, 0.15) is 38.8 Å². The normalized spacial score (nSPS) is 12.9. The largest absolute Gasteiger partial charge is 0.484 e. The molecule has 1 aliphatic rings. The van der Waals surface area contributed by atoms with E-state index < -0.39 is 0 Å². The fourth-order valence-electron chi connectivity index (χ4n) is 3.24. The van der Waals surface area contributed by atoms with Gasteiger partial charge in [-0.1, -0.05) is 18.2 Å². The number of hydrogen-bond acceptors (Lipinski definition) is 5. The first-order valence-corrected chi connectivity index (χ1v) is 9.09. The fraction of sp³-hybridized carbons (Fsp3) is 0.227. The average Bonchev–Trinajstić information content (AvgIpc) is 3.14. The molecular formula is C22H19N3O3. The Morgan fingerprint density at radius 2 is 2.14 bits per heavy atom. The quantitative estimate of drug-likeness (QED) is 0.698. The van der Waals surface area contributed by atoms with E-state index >= 15 is 0 Å². The summed E-state index contributed by atoms with van der Waals surface area (Å²) in [6.45, 7) is 3.18. The van der Waals surface area contributed by atoms with Gasteiger partial charge in [-0.05, 0) is 42.8 Å². The van der Waals surface area contributed by atoms with E-state index in [9.17, 15) is 4.79 Å². The van der Waals surface area contributed by atoms with Crippen molar-refractivity contribution in [1.29, 1.82) is 5.26 Å². The average molecular weight is 373 g/mol. The zero-order valence-electron chi connectivity index (χ0n) is 15.5. The van der Waals surface area contributed by atoms with Gasteiger partial charge in [-0.2, -0.15) is 5.26 Å². The molecule has 0 aliphatic carbocycles. The van der Waals surface area contributed by atoms with Gasteiger partial charge in [0.25, 0.3) is 5.91 Å². The molecule has 1 aromatic heterocycles. The highest BCUT2D eigenvalue weighted by Gasteiger charge is 2.26. The van der Waals surface area contributed by atoms with E-state index in [0.717, 1.165) is 17.0 Å². The Morgan fingerprint density at radius 3 is 2.96 bits per heavy atom. The Labute approximate surface area is 163 Å². The molecule has 0 atom stereocenters. The SMILES string of the molecule is Cc1cccc(OCc2nc3c(o2)CN(C(=O)c2cccc(C#N)c2)CC3)c1. The summed E-state index contributed by atoms with van der Waals surface area (Å²) in [5.41, 5.74) is 2.97. The highest BCUT2D eigenvalue weighted by molar-refractivity contribution is 5.94. The summed E-state index contributed by atoms with van der Waals surface area (Å²) < 4.78 is 11.6. The molecule has 0 fully saturated rings. The Bertz CT molecular complexity index is 1060. The van der Waals surface area contributed by atoms with Gasteiger partial charge in [0.2, 0.25) is 5.89 Å². The van der Waals surface area contributed by atoms with Crippen molar-refractivity contribution in [1.82, 2.24) is 9.88 Å². The monoisotopic (exact) mass is 373 g/mol. The number of hydrogen-bond donors (Lipinski definition) is 0. The Kier molecular flexibility index (Phi) is 4.81. The minimum absolute atomic E-state index is 0.114. The van der Waals surface area contributed by atoms with Crippen LogP contribution >= 0.6 is 0 Å². The first kappa shape index (κ1) is 17.8. The maximum Gasteiger partial charge on any atom is 0.254 e. The van der Waals surface area contributed by atoms with E-state index in [4.69, 9.17) is 14.4 Å². The highest BCUT2D eigenvalue weighted by atomic mass is 16.5. The number of aromatic nitrogens is 1. The summed E-state index contributed by atoms with van der Waals surface area (Å²) in [6, 6.07) is 16.6. The maximum absolute atomic E-state index is 12.8. The molecule has 1 amide bonds. The maximum atomic E-state index is 12.8. The second-order valence-electron chi connectivity index (χ2n) is 6.75. The molecule has 6 nitrogen and oxygen atoms in total. The van der Waals surface area contributed by atoms with Gasteiger partial charge in [0.1, 0.15) is 11.5 Å². The van der Waals surface area contributed by atoms with Crippen molar-refractivity contribution in [3.8, 4) is 11.8 Å². The molecule has 0 unspecified atom stereocenters. The number of carbonyl (C=O) groups is 1. The molecule has 0 radical (unpaired) electrons. The third kappa shape index (κ3) is 3.74. The highest BCUT2D eigenvalue weighted by Crippen LogP contribution is 2.23. The fourth-order valence-corrected chi connectivity index (χ4v) is 3.24. The number of ether oxygens (including phenoxy) is 1. The molecule has 0 saturated heterocycles. The predicted molar refractivity (Wildman–Crippen MR) is 102 cm³/mol. The topological polar surface area (TPSA) is 79.4 Å². The molecule has 4 rings (SSSR count). The zero-order chi connectivity index (χ0) is 19.5. The summed E-state index contributed by atoms with van der Waals surface area (Å²) in [5.74, 6) is 1.85. The zero-order valence-corrected chi connectivity index (χ0v) is 15.5. The summed E-state index contributed by atoms with van der Waals surface area (Å²) >= 11 is 0. The molecule has 0 N–H and O–H groups in total. The van der Waals surface area contributed by atoms with E-state index in [2.05, 4.69) is 11.1 Å². The van der Waals surface area contributed by atoms with Gasteiger partial charge in [-0.15, -0.1) is 0 Å². The van der Waals surface area contributed by atoms with Gasteiger partial charge < -0.3 is 14.1 Å². The number of nitriles is 1. The van der Waals surface area contributed by atoms with E-state index in [1.807, 2.05) is 31.2 Å². The molecule has 140 valence electrons. The molecule has 0 bridgehead atoms. The Morgan fingerprint density at radius 1 is 1.29 bits per heavy atom. The molecule has 1 aliphatic heterocycles. The number of carbonyl (C=O) groups excluding carboxylic acids is 1. The molecular weight excluding hydrogens is 354 g/mol. The van der Waals surface area contributed by atoms with Gasteiger partial charge in [-0.3, -0.25) is 4.79 Å². The number of nitrogens with zero attached hydrogens (tertiary/aromatic N) is 3. The van der Waals surface area contributed by atoms with E-state index in [1.165, 1.54) is 0 Å². The lowest BCUT2D eigenvalue weighted by Crippen LogP contribution is -2.35. The first-order valence-electron chi connectivity index (χ1n) is 9.09. The van der Waals surface area contributed by atoms with Gasteiger partial charge >= 0.3 is 0 Å². The predicted octanol–water partition coefficient (Wildman–Crippen LogP) is 3.63. The summed E-state index contributed by atoms with van der Waals surface area (Å²) in [7, 11) is 0. The van der Waals surface area contributed by atoms with Crippen LogP contribution in [-0.2, 0) is 19.6 Å². The number of fused-ring (bicyclic) bond motifs is 1. The lowest BCUT2D eigenvalue weighted by Gasteiger charge is -2.25. The van der Waals surface area contributed by atoms with Crippen LogP contribution < -0.4 is 4.74 Å². The Balaban J connectivity index is 1.44. The van der Waals surface area contributed by atoms with Crippen molar-refractivity contribution in [2.24, 2.45) is 0 Å². The van der Waals surface area contributed by atoms with E-state index in [0.29, 0.717) is 42.3 Å². The molecule has 0 spiro atoms. The van der Waals surface area contributed by atoms with Crippen molar-refractivity contribution in [3.05, 3.63) is 82.6 Å². The van der Waals surface area contributed by atoms with Crippen LogP contribution in [0.2, 0.25) is 0 Å². The van der Waals surface area contributed by atoms with Crippen LogP contribution in [0.5, 0.6) is 5.75 Å². The standard InChI is InChI=1S/C22H19N3O3/c1-15-4-2-7-18(10-15)27-14-21-24-19-8-9-25(13-20(19)28-21)22(26)17-6-3-5-16(11-17)12-23/h2-7,10-11H,8-9,13-14H2,1H3. The molecule has 6 heteroatoms. The van der Waals surface area contributed by atoms with Gasteiger partial charge in [0.05, 0.1) is 23.9 Å².